The number of carbonyl (C=O) groups is 2. The summed E-state index contributed by atoms with van der Waals surface area (Å²) >= 11 is 4.28. The first-order chi connectivity index (χ1) is 17.6. The number of nitrogens with two attached hydrogens (primary N) is 1. The van der Waals surface area contributed by atoms with Crippen LogP contribution in [0.3, 0.4) is 0 Å². The normalized spacial score (nSPS) is 11.5. The Hall–Kier alpha value is -3.84. The lowest BCUT2D eigenvalue weighted by Gasteiger charge is -2.09. The van der Waals surface area contributed by atoms with Crippen molar-refractivity contribution in [3.05, 3.63) is 74.5 Å². The molecule has 5 aromatic heterocycles. The minimum Gasteiger partial charge on any atom is -0.464 e. The zero-order chi connectivity index (χ0) is 26.4. The van der Waals surface area contributed by atoms with Gasteiger partial charge in [-0.1, -0.05) is 0 Å². The molecule has 0 atom stereocenters. The van der Waals surface area contributed by atoms with Crippen LogP contribution in [0.15, 0.2) is 49.9 Å². The number of nitrogens with one attached hydrogen (secondary N) is 1. The number of carbonyl (C=O) groups excluding carboxylic acids is 2. The highest BCUT2D eigenvalue weighted by Crippen LogP contribution is 2.42. The lowest BCUT2D eigenvalue weighted by Crippen LogP contribution is -2.16. The molecule has 0 saturated heterocycles. The van der Waals surface area contributed by atoms with E-state index in [9.17, 15) is 18.4 Å². The van der Waals surface area contributed by atoms with Gasteiger partial charge in [-0.3, -0.25) is 14.3 Å². The molecule has 190 valence electrons. The summed E-state index contributed by atoms with van der Waals surface area (Å²) < 4.78 is 40.9. The molecule has 0 aromatic carbocycles. The van der Waals surface area contributed by atoms with Crippen LogP contribution >= 0.6 is 27.3 Å². The lowest BCUT2D eigenvalue weighted by atomic mass is 10.1. The topological polar surface area (TPSA) is 129 Å². The minimum absolute atomic E-state index is 0.0259. The summed E-state index contributed by atoms with van der Waals surface area (Å²) in [4.78, 5) is 29.4. The number of fused-ring (bicyclic) bond motifs is 1. The van der Waals surface area contributed by atoms with Gasteiger partial charge in [-0.25, -0.2) is 13.8 Å². The van der Waals surface area contributed by atoms with E-state index in [1.54, 1.807) is 22.9 Å². The molecule has 9 nitrogen and oxygen atoms in total. The van der Waals surface area contributed by atoms with Gasteiger partial charge in [0.25, 0.3) is 18.2 Å². The van der Waals surface area contributed by atoms with Gasteiger partial charge in [-0.15, -0.1) is 11.3 Å². The molecular weight excluding hydrogens is 572 g/mol. The molecule has 0 aliphatic heterocycles. The fraction of sp³-hybridized carbons (Fsp3) is 0.167. The van der Waals surface area contributed by atoms with Crippen LogP contribution in [0, 0.1) is 13.8 Å². The number of amides is 2. The smallest absolute Gasteiger partial charge is 0.291 e. The molecule has 0 bridgehead atoms. The van der Waals surface area contributed by atoms with E-state index in [2.05, 4.69) is 31.3 Å². The van der Waals surface area contributed by atoms with E-state index in [4.69, 9.17) is 14.6 Å². The van der Waals surface area contributed by atoms with E-state index in [0.29, 0.717) is 12.3 Å². The number of pyridine rings is 1. The van der Waals surface area contributed by atoms with Crippen LogP contribution in [0.25, 0.3) is 21.5 Å². The third kappa shape index (κ3) is 4.55. The van der Waals surface area contributed by atoms with Gasteiger partial charge in [-0.2, -0.15) is 5.10 Å². The SMILES string of the molecule is Cc1nn(Cc2ccc(C(=O)Nc3c(C(N)=O)sc4nc(C(F)F)cc(-c5ccco5)c34)o2)c(C)c1Br. The molecule has 0 saturated carbocycles. The van der Waals surface area contributed by atoms with Gasteiger partial charge in [0, 0.05) is 10.9 Å². The number of nitrogens with zero attached hydrogens (tertiary/aromatic N) is 3. The molecule has 0 spiro atoms. The summed E-state index contributed by atoms with van der Waals surface area (Å²) in [5.41, 5.74) is 7.06. The molecule has 0 aliphatic rings. The molecule has 0 aliphatic carbocycles. The number of rotatable bonds is 7. The van der Waals surface area contributed by atoms with Crippen molar-refractivity contribution in [2.45, 2.75) is 26.8 Å². The van der Waals surface area contributed by atoms with Crippen molar-refractivity contribution in [3.8, 4) is 11.3 Å². The zero-order valence-electron chi connectivity index (χ0n) is 19.3. The second-order valence-electron chi connectivity index (χ2n) is 8.09. The molecule has 0 unspecified atom stereocenters. The summed E-state index contributed by atoms with van der Waals surface area (Å²) in [6.07, 6.45) is -1.48. The van der Waals surface area contributed by atoms with Crippen LogP contribution in [0.2, 0.25) is 0 Å². The third-order valence-corrected chi connectivity index (χ3v) is 7.88. The average Bonchev–Trinajstić information content (AvgIpc) is 3.65. The summed E-state index contributed by atoms with van der Waals surface area (Å²) in [5, 5.41) is 7.35. The molecule has 37 heavy (non-hydrogen) atoms. The Morgan fingerprint density at radius 3 is 2.68 bits per heavy atom. The number of thiophene rings is 1. The fourth-order valence-electron chi connectivity index (χ4n) is 3.88. The largest absolute Gasteiger partial charge is 0.464 e. The number of furan rings is 2. The second-order valence-corrected chi connectivity index (χ2v) is 9.88. The number of aromatic nitrogens is 3. The quantitative estimate of drug-likeness (QED) is 0.237. The Morgan fingerprint density at radius 1 is 1.27 bits per heavy atom. The van der Waals surface area contributed by atoms with Gasteiger partial charge < -0.3 is 19.9 Å². The highest BCUT2D eigenvalue weighted by Gasteiger charge is 2.26. The van der Waals surface area contributed by atoms with Crippen LogP contribution in [0.4, 0.5) is 14.5 Å². The molecule has 2 amide bonds. The van der Waals surface area contributed by atoms with Gasteiger partial charge in [-0.05, 0) is 60.1 Å². The maximum Gasteiger partial charge on any atom is 0.291 e. The number of anilines is 1. The van der Waals surface area contributed by atoms with E-state index in [1.165, 1.54) is 12.3 Å². The van der Waals surface area contributed by atoms with Gasteiger partial charge in [0.15, 0.2) is 5.76 Å². The molecule has 13 heteroatoms. The highest BCUT2D eigenvalue weighted by atomic mass is 79.9. The Kier molecular flexibility index (Phi) is 6.42. The predicted octanol–water partition coefficient (Wildman–Crippen LogP) is 6.06. The number of hydrogen-bond donors (Lipinski definition) is 2. The zero-order valence-corrected chi connectivity index (χ0v) is 21.7. The van der Waals surface area contributed by atoms with Crippen molar-refractivity contribution in [3.63, 3.8) is 0 Å². The Bertz CT molecular complexity index is 1660. The van der Waals surface area contributed by atoms with Gasteiger partial charge in [0.1, 0.15) is 26.9 Å². The van der Waals surface area contributed by atoms with Crippen molar-refractivity contribution in [1.82, 2.24) is 14.8 Å². The second kappa shape index (κ2) is 9.56. The summed E-state index contributed by atoms with van der Waals surface area (Å²) in [5.74, 6) is -0.797. The highest BCUT2D eigenvalue weighted by molar-refractivity contribution is 9.10. The van der Waals surface area contributed by atoms with Crippen molar-refractivity contribution in [2.75, 3.05) is 5.32 Å². The van der Waals surface area contributed by atoms with Crippen LogP contribution in [-0.4, -0.2) is 26.6 Å². The Balaban J connectivity index is 1.53. The molecule has 0 radical (unpaired) electrons. The van der Waals surface area contributed by atoms with Crippen molar-refractivity contribution in [1.29, 1.82) is 0 Å². The molecule has 3 N–H and O–H groups in total. The average molecular weight is 590 g/mol. The number of primary amides is 1. The first-order valence-corrected chi connectivity index (χ1v) is 12.4. The van der Waals surface area contributed by atoms with Crippen LogP contribution in [-0.2, 0) is 6.54 Å². The number of hydrogen-bond acceptors (Lipinski definition) is 7. The molecule has 5 rings (SSSR count). The number of halogens is 3. The predicted molar refractivity (Wildman–Crippen MR) is 136 cm³/mol. The van der Waals surface area contributed by atoms with Gasteiger partial charge in [0.05, 0.1) is 34.4 Å². The monoisotopic (exact) mass is 589 g/mol. The summed E-state index contributed by atoms with van der Waals surface area (Å²) in [7, 11) is 0. The van der Waals surface area contributed by atoms with E-state index in [-0.39, 0.29) is 37.9 Å². The Morgan fingerprint density at radius 2 is 2.05 bits per heavy atom. The minimum atomic E-state index is -2.86. The molecule has 5 heterocycles. The van der Waals surface area contributed by atoms with Crippen molar-refractivity contribution >= 4 is 55.0 Å². The van der Waals surface area contributed by atoms with Crippen LogP contribution < -0.4 is 11.1 Å². The first kappa shape index (κ1) is 24.8. The summed E-state index contributed by atoms with van der Waals surface area (Å²) in [6.45, 7) is 4.06. The lowest BCUT2D eigenvalue weighted by molar-refractivity contribution is 0.0994. The molecular formula is C24H18BrF2N5O4S. The van der Waals surface area contributed by atoms with Crippen molar-refractivity contribution in [2.24, 2.45) is 5.73 Å². The van der Waals surface area contributed by atoms with Crippen molar-refractivity contribution < 1.29 is 27.2 Å². The first-order valence-electron chi connectivity index (χ1n) is 10.8. The molecule has 0 fully saturated rings. The summed E-state index contributed by atoms with van der Waals surface area (Å²) in [6, 6.07) is 7.47. The van der Waals surface area contributed by atoms with Gasteiger partial charge >= 0.3 is 0 Å². The van der Waals surface area contributed by atoms with E-state index in [1.807, 2.05) is 13.8 Å². The van der Waals surface area contributed by atoms with E-state index < -0.39 is 23.9 Å². The standard InChI is InChI=1S/C24H18BrF2N5O4S/c1-10-18(25)11(2)32(31-10)9-12-5-6-16(36-12)23(34)30-19-17-13(15-4-3-7-35-15)8-14(21(26)27)29-24(17)37-20(19)22(28)33/h3-8,21H,9H2,1-2H3,(H2,28,33)(H,30,34). The number of aryl methyl sites for hydroxylation is 1. The maximum absolute atomic E-state index is 13.5. The third-order valence-electron chi connectivity index (χ3n) is 5.64. The Labute approximate surface area is 220 Å². The number of alkyl halides is 2. The van der Waals surface area contributed by atoms with Gasteiger partial charge in [0.2, 0.25) is 0 Å². The maximum atomic E-state index is 13.5. The molecule has 5 aromatic rings. The van der Waals surface area contributed by atoms with E-state index >= 15 is 0 Å². The van der Waals surface area contributed by atoms with Crippen LogP contribution in [0.5, 0.6) is 0 Å². The van der Waals surface area contributed by atoms with Crippen LogP contribution in [0.1, 0.15) is 49.5 Å². The fourth-order valence-corrected chi connectivity index (χ4v) is 5.18. The van der Waals surface area contributed by atoms with E-state index in [0.717, 1.165) is 33.3 Å².